The van der Waals surface area contributed by atoms with Gasteiger partial charge in [-0.25, -0.2) is 0 Å². The molecule has 2 aromatic rings. The quantitative estimate of drug-likeness (QED) is 0.921. The SMILES string of the molecule is CCc1ccc(CC(N)c2c(C)nn(C)c2C)s1. The smallest absolute Gasteiger partial charge is 0.0644 e. The summed E-state index contributed by atoms with van der Waals surface area (Å²) in [6.07, 6.45) is 2.00. The van der Waals surface area contributed by atoms with Gasteiger partial charge in [-0.05, 0) is 32.4 Å². The van der Waals surface area contributed by atoms with Gasteiger partial charge in [-0.3, -0.25) is 4.68 Å². The second-order valence-electron chi connectivity index (χ2n) is 4.74. The molecule has 0 spiro atoms. The van der Waals surface area contributed by atoms with Crippen LogP contribution in [0.15, 0.2) is 12.1 Å². The minimum Gasteiger partial charge on any atom is -0.324 e. The van der Waals surface area contributed by atoms with E-state index >= 15 is 0 Å². The molecule has 1 unspecified atom stereocenters. The van der Waals surface area contributed by atoms with E-state index in [2.05, 4.69) is 31.1 Å². The van der Waals surface area contributed by atoms with E-state index in [1.165, 1.54) is 21.0 Å². The molecule has 98 valence electrons. The highest BCUT2D eigenvalue weighted by atomic mass is 32.1. The summed E-state index contributed by atoms with van der Waals surface area (Å²) in [5, 5.41) is 4.43. The molecule has 0 aromatic carbocycles. The Hall–Kier alpha value is -1.13. The molecular formula is C14H21N3S. The van der Waals surface area contributed by atoms with E-state index in [-0.39, 0.29) is 6.04 Å². The molecule has 4 heteroatoms. The summed E-state index contributed by atoms with van der Waals surface area (Å²) in [6, 6.07) is 4.45. The Balaban J connectivity index is 2.18. The molecule has 1 atom stereocenters. The number of nitrogens with zero attached hydrogens (tertiary/aromatic N) is 2. The lowest BCUT2D eigenvalue weighted by Crippen LogP contribution is -2.14. The molecule has 0 aliphatic rings. The van der Waals surface area contributed by atoms with Crippen molar-refractivity contribution in [1.82, 2.24) is 9.78 Å². The Kier molecular flexibility index (Phi) is 3.88. The van der Waals surface area contributed by atoms with Crippen LogP contribution in [0, 0.1) is 13.8 Å². The normalized spacial score (nSPS) is 12.9. The second kappa shape index (κ2) is 5.24. The van der Waals surface area contributed by atoms with E-state index in [4.69, 9.17) is 5.73 Å². The number of aryl methyl sites for hydroxylation is 3. The molecule has 2 rings (SSSR count). The number of thiophene rings is 1. The molecule has 0 radical (unpaired) electrons. The average Bonchev–Trinajstić information content (AvgIpc) is 2.85. The van der Waals surface area contributed by atoms with Crippen LogP contribution in [0.1, 0.15) is 39.7 Å². The standard InChI is InChI=1S/C14H21N3S/c1-5-11-6-7-12(18-11)8-13(15)14-9(2)16-17(4)10(14)3/h6-7,13H,5,8,15H2,1-4H3. The van der Waals surface area contributed by atoms with Gasteiger partial charge in [0.1, 0.15) is 0 Å². The number of nitrogens with two attached hydrogens (primary N) is 1. The van der Waals surface area contributed by atoms with Crippen LogP contribution >= 0.6 is 11.3 Å². The molecule has 0 saturated heterocycles. The minimum atomic E-state index is 0.0436. The average molecular weight is 263 g/mol. The van der Waals surface area contributed by atoms with Crippen molar-refractivity contribution in [3.8, 4) is 0 Å². The van der Waals surface area contributed by atoms with Gasteiger partial charge < -0.3 is 5.73 Å². The van der Waals surface area contributed by atoms with Gasteiger partial charge in [0.2, 0.25) is 0 Å². The van der Waals surface area contributed by atoms with Gasteiger partial charge in [-0.15, -0.1) is 11.3 Å². The van der Waals surface area contributed by atoms with Crippen molar-refractivity contribution >= 4 is 11.3 Å². The van der Waals surface area contributed by atoms with Crippen LogP contribution in [0.25, 0.3) is 0 Å². The molecule has 2 N–H and O–H groups in total. The molecule has 0 fully saturated rings. The third-order valence-electron chi connectivity index (χ3n) is 3.42. The van der Waals surface area contributed by atoms with Gasteiger partial charge in [0.25, 0.3) is 0 Å². The summed E-state index contributed by atoms with van der Waals surface area (Å²) in [6.45, 7) is 6.31. The van der Waals surface area contributed by atoms with Crippen LogP contribution in [0.3, 0.4) is 0 Å². The Bertz CT molecular complexity index is 539. The molecule has 3 nitrogen and oxygen atoms in total. The lowest BCUT2D eigenvalue weighted by atomic mass is 10.0. The van der Waals surface area contributed by atoms with Crippen molar-refractivity contribution in [2.24, 2.45) is 12.8 Å². The molecule has 0 aliphatic carbocycles. The van der Waals surface area contributed by atoms with E-state index in [0.29, 0.717) is 0 Å². The predicted octanol–water partition coefficient (Wildman–Crippen LogP) is 2.90. The maximum Gasteiger partial charge on any atom is 0.0644 e. The van der Waals surface area contributed by atoms with Crippen molar-refractivity contribution in [2.75, 3.05) is 0 Å². The third kappa shape index (κ3) is 2.49. The van der Waals surface area contributed by atoms with Crippen molar-refractivity contribution in [3.05, 3.63) is 38.8 Å². The fourth-order valence-corrected chi connectivity index (χ4v) is 3.38. The van der Waals surface area contributed by atoms with Gasteiger partial charge >= 0.3 is 0 Å². The Morgan fingerprint density at radius 1 is 1.33 bits per heavy atom. The van der Waals surface area contributed by atoms with Crippen LogP contribution in [0.4, 0.5) is 0 Å². The fraction of sp³-hybridized carbons (Fsp3) is 0.500. The van der Waals surface area contributed by atoms with E-state index in [9.17, 15) is 0 Å². The predicted molar refractivity (Wildman–Crippen MR) is 77.0 cm³/mol. The number of aromatic nitrogens is 2. The molecule has 0 bridgehead atoms. The van der Waals surface area contributed by atoms with Crippen molar-refractivity contribution < 1.29 is 0 Å². The van der Waals surface area contributed by atoms with E-state index in [1.54, 1.807) is 0 Å². The van der Waals surface area contributed by atoms with Gasteiger partial charge in [-0.1, -0.05) is 6.92 Å². The first kappa shape index (κ1) is 13.3. The summed E-state index contributed by atoms with van der Waals surface area (Å²) in [4.78, 5) is 2.79. The van der Waals surface area contributed by atoms with E-state index in [0.717, 1.165) is 18.5 Å². The zero-order valence-corrected chi connectivity index (χ0v) is 12.3. The topological polar surface area (TPSA) is 43.8 Å². The van der Waals surface area contributed by atoms with E-state index < -0.39 is 0 Å². The Morgan fingerprint density at radius 2 is 2.00 bits per heavy atom. The maximum absolute atomic E-state index is 6.35. The fourth-order valence-electron chi connectivity index (χ4n) is 2.37. The summed E-state index contributed by atoms with van der Waals surface area (Å²) in [7, 11) is 1.97. The van der Waals surface area contributed by atoms with Gasteiger partial charge in [0.15, 0.2) is 0 Å². The van der Waals surface area contributed by atoms with Crippen LogP contribution in [0.5, 0.6) is 0 Å². The summed E-state index contributed by atoms with van der Waals surface area (Å²) >= 11 is 1.87. The second-order valence-corrected chi connectivity index (χ2v) is 5.99. The van der Waals surface area contributed by atoms with Crippen LogP contribution in [-0.4, -0.2) is 9.78 Å². The summed E-state index contributed by atoms with van der Waals surface area (Å²) in [5.41, 5.74) is 9.77. The molecule has 0 aliphatic heterocycles. The monoisotopic (exact) mass is 263 g/mol. The zero-order valence-electron chi connectivity index (χ0n) is 11.5. The number of rotatable bonds is 4. The molecular weight excluding hydrogens is 242 g/mol. The molecule has 18 heavy (non-hydrogen) atoms. The largest absolute Gasteiger partial charge is 0.324 e. The van der Waals surface area contributed by atoms with E-state index in [1.807, 2.05) is 30.0 Å². The lowest BCUT2D eigenvalue weighted by molar-refractivity contribution is 0.705. The first-order valence-electron chi connectivity index (χ1n) is 6.36. The van der Waals surface area contributed by atoms with Crippen LogP contribution in [-0.2, 0) is 19.9 Å². The molecule has 2 aromatic heterocycles. The summed E-state index contributed by atoms with van der Waals surface area (Å²) in [5.74, 6) is 0. The van der Waals surface area contributed by atoms with Crippen molar-refractivity contribution in [2.45, 2.75) is 39.7 Å². The van der Waals surface area contributed by atoms with Gasteiger partial charge in [0, 0.05) is 40.5 Å². The Labute approximate surface area is 113 Å². The number of hydrogen-bond donors (Lipinski definition) is 1. The number of hydrogen-bond acceptors (Lipinski definition) is 3. The van der Waals surface area contributed by atoms with Crippen molar-refractivity contribution in [3.63, 3.8) is 0 Å². The Morgan fingerprint density at radius 3 is 2.50 bits per heavy atom. The van der Waals surface area contributed by atoms with Crippen LogP contribution < -0.4 is 5.73 Å². The summed E-state index contributed by atoms with van der Waals surface area (Å²) < 4.78 is 1.91. The molecule has 0 saturated carbocycles. The first-order chi connectivity index (χ1) is 8.52. The van der Waals surface area contributed by atoms with Crippen molar-refractivity contribution in [1.29, 1.82) is 0 Å². The third-order valence-corrected chi connectivity index (χ3v) is 4.67. The lowest BCUT2D eigenvalue weighted by Gasteiger charge is -2.11. The zero-order chi connectivity index (χ0) is 13.3. The first-order valence-corrected chi connectivity index (χ1v) is 7.17. The molecule has 0 amide bonds. The highest BCUT2D eigenvalue weighted by molar-refractivity contribution is 7.11. The highest BCUT2D eigenvalue weighted by Gasteiger charge is 2.17. The van der Waals surface area contributed by atoms with Gasteiger partial charge in [-0.2, -0.15) is 5.10 Å². The van der Waals surface area contributed by atoms with Crippen LogP contribution in [0.2, 0.25) is 0 Å². The molecule has 2 heterocycles. The van der Waals surface area contributed by atoms with Gasteiger partial charge in [0.05, 0.1) is 5.69 Å². The highest BCUT2D eigenvalue weighted by Crippen LogP contribution is 2.26. The maximum atomic E-state index is 6.35. The minimum absolute atomic E-state index is 0.0436.